The first-order chi connectivity index (χ1) is 12.1. The molecule has 0 saturated heterocycles. The number of rotatable bonds is 3. The van der Waals surface area contributed by atoms with Gasteiger partial charge in [-0.15, -0.1) is 0 Å². The largest absolute Gasteiger partial charge is 0.266 e. The number of fused-ring (bicyclic) bond motifs is 1. The summed E-state index contributed by atoms with van der Waals surface area (Å²) in [6.45, 7) is 3.16. The molecular weight excluding hydrogens is 389 g/mol. The third-order valence-electron chi connectivity index (χ3n) is 3.90. The first-order valence-corrected chi connectivity index (χ1v) is 9.70. The van der Waals surface area contributed by atoms with Crippen molar-refractivity contribution < 1.29 is 21.6 Å². The number of alkyl halides is 2. The number of aromatic nitrogens is 2. The van der Waals surface area contributed by atoms with Crippen LogP contribution in [0.3, 0.4) is 0 Å². The van der Waals surface area contributed by atoms with E-state index in [0.29, 0.717) is 33.5 Å². The molecule has 0 spiro atoms. The zero-order valence-corrected chi connectivity index (χ0v) is 15.2. The Bertz CT molecular complexity index is 1130. The molecule has 0 unspecified atom stereocenters. The minimum absolute atomic E-state index is 0.133. The quantitative estimate of drug-likeness (QED) is 0.585. The zero-order chi connectivity index (χ0) is 19.2. The van der Waals surface area contributed by atoms with Gasteiger partial charge >= 0.3 is 0 Å². The van der Waals surface area contributed by atoms with Gasteiger partial charge in [-0.05, 0) is 49.7 Å². The molecule has 4 nitrogen and oxygen atoms in total. The SMILES string of the molecule is Cc1nc(-c2cc(F)c(C(F)F)cc2C)c2ccc(S(=O)(=O)Cl)cc2n1. The fraction of sp³-hybridized carbons (Fsp3) is 0.176. The molecule has 0 saturated carbocycles. The van der Waals surface area contributed by atoms with Crippen LogP contribution in [0.25, 0.3) is 22.2 Å². The number of nitrogens with zero attached hydrogens (tertiary/aromatic N) is 2. The molecule has 0 radical (unpaired) electrons. The molecule has 26 heavy (non-hydrogen) atoms. The van der Waals surface area contributed by atoms with Gasteiger partial charge in [0.1, 0.15) is 11.6 Å². The fourth-order valence-corrected chi connectivity index (χ4v) is 3.48. The van der Waals surface area contributed by atoms with Crippen LogP contribution in [0.2, 0.25) is 0 Å². The first kappa shape index (κ1) is 18.6. The molecule has 1 aromatic heterocycles. The maximum Gasteiger partial charge on any atom is 0.266 e. The Balaban J connectivity index is 2.31. The smallest absolute Gasteiger partial charge is 0.233 e. The van der Waals surface area contributed by atoms with Gasteiger partial charge in [0.15, 0.2) is 0 Å². The van der Waals surface area contributed by atoms with E-state index in [2.05, 4.69) is 9.97 Å². The van der Waals surface area contributed by atoms with E-state index >= 15 is 0 Å². The highest BCUT2D eigenvalue weighted by Crippen LogP contribution is 2.34. The Labute approximate surface area is 152 Å². The Kier molecular flexibility index (Phi) is 4.66. The average molecular weight is 401 g/mol. The molecule has 2 aromatic carbocycles. The molecule has 136 valence electrons. The van der Waals surface area contributed by atoms with Crippen molar-refractivity contribution in [3.63, 3.8) is 0 Å². The summed E-state index contributed by atoms with van der Waals surface area (Å²) in [5.41, 5.74) is 0.672. The van der Waals surface area contributed by atoms with Gasteiger partial charge in [-0.25, -0.2) is 31.6 Å². The Morgan fingerprint density at radius 2 is 1.77 bits per heavy atom. The van der Waals surface area contributed by atoms with Gasteiger partial charge in [-0.1, -0.05) is 0 Å². The second kappa shape index (κ2) is 6.51. The minimum atomic E-state index is -3.95. The van der Waals surface area contributed by atoms with Crippen LogP contribution in [0.5, 0.6) is 0 Å². The third-order valence-corrected chi connectivity index (χ3v) is 5.25. The minimum Gasteiger partial charge on any atom is -0.233 e. The van der Waals surface area contributed by atoms with Crippen molar-refractivity contribution in [2.75, 3.05) is 0 Å². The first-order valence-electron chi connectivity index (χ1n) is 7.39. The van der Waals surface area contributed by atoms with E-state index in [-0.39, 0.29) is 4.90 Å². The fourth-order valence-electron chi connectivity index (χ4n) is 2.71. The molecule has 9 heteroatoms. The lowest BCUT2D eigenvalue weighted by Crippen LogP contribution is -2.00. The Hall–Kier alpha value is -2.19. The van der Waals surface area contributed by atoms with Gasteiger partial charge in [-0.2, -0.15) is 0 Å². The second-order valence-corrected chi connectivity index (χ2v) is 8.29. The third kappa shape index (κ3) is 3.39. The van der Waals surface area contributed by atoms with Crippen LogP contribution in [-0.4, -0.2) is 18.4 Å². The molecule has 3 aromatic rings. The highest BCUT2D eigenvalue weighted by atomic mass is 35.7. The normalized spacial score (nSPS) is 12.1. The van der Waals surface area contributed by atoms with Gasteiger partial charge in [0.2, 0.25) is 0 Å². The van der Waals surface area contributed by atoms with E-state index in [1.54, 1.807) is 13.8 Å². The van der Waals surface area contributed by atoms with Crippen LogP contribution in [0, 0.1) is 19.7 Å². The molecule has 0 amide bonds. The maximum absolute atomic E-state index is 14.1. The van der Waals surface area contributed by atoms with Gasteiger partial charge in [-0.3, -0.25) is 0 Å². The van der Waals surface area contributed by atoms with E-state index in [0.717, 1.165) is 12.1 Å². The summed E-state index contributed by atoms with van der Waals surface area (Å²) in [6, 6.07) is 6.11. The number of halogens is 4. The predicted molar refractivity (Wildman–Crippen MR) is 92.4 cm³/mol. The summed E-state index contributed by atoms with van der Waals surface area (Å²) in [5.74, 6) is -0.723. The summed E-state index contributed by atoms with van der Waals surface area (Å²) in [4.78, 5) is 8.35. The second-order valence-electron chi connectivity index (χ2n) is 5.73. The summed E-state index contributed by atoms with van der Waals surface area (Å²) < 4.78 is 62.9. The standard InChI is InChI=1S/C17H12ClF3N2O2S/c1-8-5-13(17(20)21)14(19)7-12(8)16-11-4-3-10(26(18,24)25)6-15(11)22-9(2)23-16/h3-7,17H,1-2H3. The summed E-state index contributed by atoms with van der Waals surface area (Å²) in [7, 11) is 1.41. The average Bonchev–Trinajstić information content (AvgIpc) is 2.54. The maximum atomic E-state index is 14.1. The van der Waals surface area contributed by atoms with Crippen LogP contribution < -0.4 is 0 Å². The number of hydrogen-bond donors (Lipinski definition) is 0. The van der Waals surface area contributed by atoms with Crippen molar-refractivity contribution in [1.82, 2.24) is 9.97 Å². The highest BCUT2D eigenvalue weighted by Gasteiger charge is 2.19. The molecule has 0 atom stereocenters. The monoisotopic (exact) mass is 400 g/mol. The van der Waals surface area contributed by atoms with Crippen molar-refractivity contribution in [2.45, 2.75) is 25.2 Å². The highest BCUT2D eigenvalue weighted by molar-refractivity contribution is 8.13. The number of aryl methyl sites for hydroxylation is 2. The van der Waals surface area contributed by atoms with Crippen LogP contribution in [-0.2, 0) is 9.05 Å². The Morgan fingerprint density at radius 1 is 1.08 bits per heavy atom. The number of benzene rings is 2. The topological polar surface area (TPSA) is 59.9 Å². The molecule has 0 aliphatic heterocycles. The summed E-state index contributed by atoms with van der Waals surface area (Å²) in [6.07, 6.45) is -2.93. The van der Waals surface area contributed by atoms with Gasteiger partial charge < -0.3 is 0 Å². The lowest BCUT2D eigenvalue weighted by Gasteiger charge is -2.12. The van der Waals surface area contributed by atoms with E-state index < -0.39 is 26.9 Å². The van der Waals surface area contributed by atoms with Crippen LogP contribution in [0.4, 0.5) is 13.2 Å². The summed E-state index contributed by atoms with van der Waals surface area (Å²) >= 11 is 0. The molecule has 1 heterocycles. The van der Waals surface area contributed by atoms with Crippen LogP contribution in [0.1, 0.15) is 23.4 Å². The lowest BCUT2D eigenvalue weighted by molar-refractivity contribution is 0.146. The molecular formula is C17H12ClF3N2O2S. The van der Waals surface area contributed by atoms with Crippen molar-refractivity contribution in [3.05, 3.63) is 53.1 Å². The molecule has 0 bridgehead atoms. The molecule has 3 rings (SSSR count). The zero-order valence-electron chi connectivity index (χ0n) is 13.6. The van der Waals surface area contributed by atoms with Crippen molar-refractivity contribution in [3.8, 4) is 11.3 Å². The molecule has 0 aliphatic carbocycles. The number of hydrogen-bond acceptors (Lipinski definition) is 4. The van der Waals surface area contributed by atoms with E-state index in [9.17, 15) is 21.6 Å². The lowest BCUT2D eigenvalue weighted by atomic mass is 9.99. The van der Waals surface area contributed by atoms with E-state index in [1.165, 1.54) is 18.2 Å². The van der Waals surface area contributed by atoms with Gasteiger partial charge in [0.05, 0.1) is 21.7 Å². The van der Waals surface area contributed by atoms with Gasteiger partial charge in [0.25, 0.3) is 15.5 Å². The predicted octanol–water partition coefficient (Wildman–Crippen LogP) is 4.92. The summed E-state index contributed by atoms with van der Waals surface area (Å²) in [5, 5.41) is 0.451. The molecule has 0 aliphatic rings. The van der Waals surface area contributed by atoms with E-state index in [4.69, 9.17) is 10.7 Å². The Morgan fingerprint density at radius 3 is 2.38 bits per heavy atom. The van der Waals surface area contributed by atoms with Crippen LogP contribution >= 0.6 is 10.7 Å². The van der Waals surface area contributed by atoms with Crippen molar-refractivity contribution in [1.29, 1.82) is 0 Å². The molecule has 0 N–H and O–H groups in total. The van der Waals surface area contributed by atoms with Crippen LogP contribution in [0.15, 0.2) is 35.2 Å². The molecule has 0 fully saturated rings. The van der Waals surface area contributed by atoms with Crippen molar-refractivity contribution in [2.24, 2.45) is 0 Å². The van der Waals surface area contributed by atoms with E-state index in [1.807, 2.05) is 0 Å². The van der Waals surface area contributed by atoms with Gasteiger partial charge in [0, 0.05) is 21.6 Å². The van der Waals surface area contributed by atoms with Crippen molar-refractivity contribution >= 4 is 30.6 Å².